The molecule has 0 saturated heterocycles. The number of aromatic nitrogens is 1. The molecule has 5 nitrogen and oxygen atoms in total. The van der Waals surface area contributed by atoms with Gasteiger partial charge in [0, 0.05) is 13.1 Å². The second-order valence-corrected chi connectivity index (χ2v) is 7.65. The number of amides is 1. The molecule has 160 valence electrons. The van der Waals surface area contributed by atoms with Gasteiger partial charge in [-0.2, -0.15) is 0 Å². The summed E-state index contributed by atoms with van der Waals surface area (Å²) in [7, 11) is 0. The standard InChI is InChI=1S/C22H25F2N3O2S/c1-4-26(5-2)12-13-27(21(28)20-16(23)8-7-9-17(20)24)22-25-18-11-10-15(29-6-3)14-19(18)30-22/h7-11,14H,4-6,12-13H2,1-3H3. The lowest BCUT2D eigenvalue weighted by Crippen LogP contribution is -2.39. The zero-order chi connectivity index (χ0) is 21.7. The van der Waals surface area contributed by atoms with E-state index in [4.69, 9.17) is 4.74 Å². The highest BCUT2D eigenvalue weighted by Crippen LogP contribution is 2.32. The molecule has 0 aliphatic rings. The van der Waals surface area contributed by atoms with E-state index in [2.05, 4.69) is 9.88 Å². The predicted octanol–water partition coefficient (Wildman–Crippen LogP) is 4.96. The van der Waals surface area contributed by atoms with Gasteiger partial charge in [0.25, 0.3) is 5.91 Å². The maximum atomic E-state index is 14.3. The lowest BCUT2D eigenvalue weighted by molar-refractivity contribution is 0.0975. The highest BCUT2D eigenvalue weighted by molar-refractivity contribution is 7.22. The molecule has 0 atom stereocenters. The van der Waals surface area contributed by atoms with Crippen molar-refractivity contribution >= 4 is 32.6 Å². The first kappa shape index (κ1) is 22.1. The number of anilines is 1. The number of nitrogens with zero attached hydrogens (tertiary/aromatic N) is 3. The molecule has 30 heavy (non-hydrogen) atoms. The molecule has 0 unspecified atom stereocenters. The first-order valence-corrected chi connectivity index (χ1v) is 10.8. The molecule has 3 aromatic rings. The van der Waals surface area contributed by atoms with Gasteiger partial charge in [0.15, 0.2) is 5.13 Å². The lowest BCUT2D eigenvalue weighted by Gasteiger charge is -2.25. The molecule has 0 radical (unpaired) electrons. The smallest absolute Gasteiger partial charge is 0.266 e. The number of carbonyl (C=O) groups excluding carboxylic acids is 1. The van der Waals surface area contributed by atoms with Gasteiger partial charge >= 0.3 is 0 Å². The molecule has 0 N–H and O–H groups in total. The second kappa shape index (κ2) is 9.95. The summed E-state index contributed by atoms with van der Waals surface area (Å²) in [4.78, 5) is 21.2. The molecule has 1 aromatic heterocycles. The maximum absolute atomic E-state index is 14.3. The quantitative estimate of drug-likeness (QED) is 0.478. The number of hydrogen-bond donors (Lipinski definition) is 0. The zero-order valence-electron chi connectivity index (χ0n) is 17.3. The fourth-order valence-corrected chi connectivity index (χ4v) is 4.19. The first-order chi connectivity index (χ1) is 14.5. The fourth-order valence-electron chi connectivity index (χ4n) is 3.17. The van der Waals surface area contributed by atoms with Gasteiger partial charge in [-0.25, -0.2) is 13.8 Å². The predicted molar refractivity (Wildman–Crippen MR) is 117 cm³/mol. The van der Waals surface area contributed by atoms with Crippen molar-refractivity contribution in [3.63, 3.8) is 0 Å². The first-order valence-electron chi connectivity index (χ1n) is 10.00. The Morgan fingerprint density at radius 1 is 1.07 bits per heavy atom. The van der Waals surface area contributed by atoms with Crippen LogP contribution in [-0.2, 0) is 0 Å². The summed E-state index contributed by atoms with van der Waals surface area (Å²) in [5, 5.41) is 0.401. The Labute approximate surface area is 178 Å². The van der Waals surface area contributed by atoms with Gasteiger partial charge in [0.1, 0.15) is 22.9 Å². The molecule has 0 spiro atoms. The third-order valence-electron chi connectivity index (χ3n) is 4.85. The summed E-state index contributed by atoms with van der Waals surface area (Å²) in [5.74, 6) is -1.79. The van der Waals surface area contributed by atoms with E-state index in [1.165, 1.54) is 22.3 Å². The van der Waals surface area contributed by atoms with E-state index in [-0.39, 0.29) is 6.54 Å². The van der Waals surface area contributed by atoms with Crippen molar-refractivity contribution in [2.24, 2.45) is 0 Å². The van der Waals surface area contributed by atoms with Gasteiger partial charge in [-0.3, -0.25) is 9.69 Å². The SMILES string of the molecule is CCOc1ccc2nc(N(CCN(CC)CC)C(=O)c3c(F)cccc3F)sc2c1. The van der Waals surface area contributed by atoms with Crippen LogP contribution in [0.3, 0.4) is 0 Å². The average Bonchev–Trinajstić information content (AvgIpc) is 3.14. The lowest BCUT2D eigenvalue weighted by atomic mass is 10.1. The average molecular weight is 434 g/mol. The molecule has 1 heterocycles. The Bertz CT molecular complexity index is 1000. The van der Waals surface area contributed by atoms with Gasteiger partial charge in [-0.15, -0.1) is 0 Å². The number of benzene rings is 2. The summed E-state index contributed by atoms with van der Waals surface area (Å²) < 4.78 is 35.0. The van der Waals surface area contributed by atoms with Crippen LogP contribution >= 0.6 is 11.3 Å². The maximum Gasteiger partial charge on any atom is 0.266 e. The number of ether oxygens (including phenoxy) is 1. The van der Waals surface area contributed by atoms with Crippen molar-refractivity contribution in [3.8, 4) is 5.75 Å². The molecular weight excluding hydrogens is 408 g/mol. The monoisotopic (exact) mass is 433 g/mol. The number of rotatable bonds is 9. The zero-order valence-corrected chi connectivity index (χ0v) is 18.1. The van der Waals surface area contributed by atoms with Gasteiger partial charge in [0.2, 0.25) is 0 Å². The summed E-state index contributed by atoms with van der Waals surface area (Å²) >= 11 is 1.30. The van der Waals surface area contributed by atoms with Crippen LogP contribution < -0.4 is 9.64 Å². The van der Waals surface area contributed by atoms with Gasteiger partial charge < -0.3 is 9.64 Å². The fraction of sp³-hybridized carbons (Fsp3) is 0.364. The minimum Gasteiger partial charge on any atom is -0.494 e. The minimum atomic E-state index is -0.882. The van der Waals surface area contributed by atoms with Crippen molar-refractivity contribution in [1.82, 2.24) is 9.88 Å². The molecule has 3 rings (SSSR count). The summed E-state index contributed by atoms with van der Waals surface area (Å²) in [6.07, 6.45) is 0. The Morgan fingerprint density at radius 2 is 1.77 bits per heavy atom. The summed E-state index contributed by atoms with van der Waals surface area (Å²) in [6, 6.07) is 8.91. The van der Waals surface area contributed by atoms with Gasteiger partial charge in [0.05, 0.1) is 16.8 Å². The van der Waals surface area contributed by atoms with E-state index in [0.29, 0.717) is 29.5 Å². The molecule has 2 aromatic carbocycles. The number of halogens is 2. The van der Waals surface area contributed by atoms with Crippen molar-refractivity contribution in [2.75, 3.05) is 37.7 Å². The van der Waals surface area contributed by atoms with Crippen LogP contribution in [0.15, 0.2) is 36.4 Å². The van der Waals surface area contributed by atoms with Crippen LogP contribution in [0.25, 0.3) is 10.2 Å². The Hall–Kier alpha value is -2.58. The van der Waals surface area contributed by atoms with Crippen molar-refractivity contribution in [1.29, 1.82) is 0 Å². The molecule has 8 heteroatoms. The van der Waals surface area contributed by atoms with Gasteiger partial charge in [-0.1, -0.05) is 31.3 Å². The highest BCUT2D eigenvalue weighted by atomic mass is 32.1. The minimum absolute atomic E-state index is 0.270. The topological polar surface area (TPSA) is 45.7 Å². The number of likely N-dealkylation sites (N-methyl/N-ethyl adjacent to an activating group) is 1. The third-order valence-corrected chi connectivity index (χ3v) is 5.89. The molecule has 1 amide bonds. The van der Waals surface area contributed by atoms with Crippen LogP contribution in [0.4, 0.5) is 13.9 Å². The second-order valence-electron chi connectivity index (χ2n) is 6.64. The molecular formula is C22H25F2N3O2S. The van der Waals surface area contributed by atoms with E-state index >= 15 is 0 Å². The largest absolute Gasteiger partial charge is 0.494 e. The Kier molecular flexibility index (Phi) is 7.33. The third kappa shape index (κ3) is 4.76. The molecule has 0 bridgehead atoms. The van der Waals surface area contributed by atoms with Crippen molar-refractivity contribution < 1.29 is 18.3 Å². The Morgan fingerprint density at radius 3 is 2.40 bits per heavy atom. The normalized spacial score (nSPS) is 11.3. The van der Waals surface area contributed by atoms with Crippen molar-refractivity contribution in [2.45, 2.75) is 20.8 Å². The van der Waals surface area contributed by atoms with Crippen LogP contribution in [0.1, 0.15) is 31.1 Å². The molecule has 0 saturated carbocycles. The Balaban J connectivity index is 2.00. The number of fused-ring (bicyclic) bond motifs is 1. The molecule has 0 aliphatic carbocycles. The van der Waals surface area contributed by atoms with Crippen LogP contribution in [-0.4, -0.2) is 48.6 Å². The number of thiazole rings is 1. The molecule has 0 fully saturated rings. The van der Waals surface area contributed by atoms with E-state index in [1.807, 2.05) is 39.0 Å². The molecule has 0 aliphatic heterocycles. The van der Waals surface area contributed by atoms with Crippen molar-refractivity contribution in [3.05, 3.63) is 53.6 Å². The van der Waals surface area contributed by atoms with E-state index in [0.717, 1.165) is 29.9 Å². The highest BCUT2D eigenvalue weighted by Gasteiger charge is 2.27. The van der Waals surface area contributed by atoms with Crippen LogP contribution in [0.5, 0.6) is 5.75 Å². The number of carbonyl (C=O) groups is 1. The van der Waals surface area contributed by atoms with E-state index < -0.39 is 23.1 Å². The van der Waals surface area contributed by atoms with Gasteiger partial charge in [-0.05, 0) is 50.3 Å². The van der Waals surface area contributed by atoms with E-state index in [9.17, 15) is 13.6 Å². The summed E-state index contributed by atoms with van der Waals surface area (Å²) in [5.41, 5.74) is 0.138. The van der Waals surface area contributed by atoms with Crippen LogP contribution in [0.2, 0.25) is 0 Å². The van der Waals surface area contributed by atoms with Crippen LogP contribution in [0, 0.1) is 11.6 Å². The summed E-state index contributed by atoms with van der Waals surface area (Å²) in [6.45, 7) is 8.95. The van der Waals surface area contributed by atoms with E-state index in [1.54, 1.807) is 0 Å². The number of hydrogen-bond acceptors (Lipinski definition) is 5.